The van der Waals surface area contributed by atoms with Crippen molar-refractivity contribution in [3.63, 3.8) is 0 Å². The van der Waals surface area contributed by atoms with E-state index in [9.17, 15) is 23.3 Å². The lowest BCUT2D eigenvalue weighted by Crippen LogP contribution is -2.04. The van der Waals surface area contributed by atoms with Crippen molar-refractivity contribution in [2.75, 3.05) is 7.11 Å². The van der Waals surface area contributed by atoms with Crippen LogP contribution in [0.15, 0.2) is 78.9 Å². The Morgan fingerprint density at radius 3 is 1.86 bits per heavy atom. The Balaban J connectivity index is 1.95. The first kappa shape index (κ1) is 21.2. The summed E-state index contributed by atoms with van der Waals surface area (Å²) < 4.78 is 46.2. The third kappa shape index (κ3) is 3.08. The van der Waals surface area contributed by atoms with Gasteiger partial charge in [0.15, 0.2) is 0 Å². The van der Waals surface area contributed by atoms with Crippen LogP contribution in [0.4, 0.5) is 18.9 Å². The Hall–Kier alpha value is -4.39. The van der Waals surface area contributed by atoms with Crippen molar-refractivity contribution >= 4 is 59.5 Å². The number of halogens is 3. The van der Waals surface area contributed by atoms with E-state index in [2.05, 4.69) is 0 Å². The van der Waals surface area contributed by atoms with Gasteiger partial charge in [-0.15, -0.1) is 0 Å². The fourth-order valence-corrected chi connectivity index (χ4v) is 5.10. The Morgan fingerprint density at radius 1 is 0.686 bits per heavy atom. The highest BCUT2D eigenvalue weighted by molar-refractivity contribution is 6.39. The van der Waals surface area contributed by atoms with E-state index in [0.717, 1.165) is 38.4 Å². The molecule has 0 amide bonds. The number of methoxy groups -OCH3 is 1. The molecule has 4 nitrogen and oxygen atoms in total. The number of hydrogen-bond acceptors (Lipinski definition) is 3. The van der Waals surface area contributed by atoms with Crippen LogP contribution in [0.25, 0.3) is 53.9 Å². The van der Waals surface area contributed by atoms with Gasteiger partial charge in [-0.3, -0.25) is 10.1 Å². The molecule has 0 bridgehead atoms. The van der Waals surface area contributed by atoms with E-state index in [-0.39, 0.29) is 5.69 Å². The second kappa shape index (κ2) is 7.30. The molecule has 0 spiro atoms. The van der Waals surface area contributed by atoms with Gasteiger partial charge in [-0.1, -0.05) is 36.4 Å². The van der Waals surface area contributed by atoms with Crippen LogP contribution in [0, 0.1) is 10.1 Å². The molecular weight excluding hydrogens is 455 g/mol. The van der Waals surface area contributed by atoms with E-state index in [0.29, 0.717) is 27.3 Å². The first-order chi connectivity index (χ1) is 16.8. The summed E-state index contributed by atoms with van der Waals surface area (Å²) in [4.78, 5) is 11.1. The lowest BCUT2D eigenvalue weighted by atomic mass is 9.86. The van der Waals surface area contributed by atoms with Crippen LogP contribution in [0.3, 0.4) is 0 Å². The molecule has 0 aliphatic heterocycles. The molecule has 0 N–H and O–H groups in total. The zero-order valence-corrected chi connectivity index (χ0v) is 18.3. The maximum absolute atomic E-state index is 13.6. The summed E-state index contributed by atoms with van der Waals surface area (Å²) in [5.41, 5.74) is -0.752. The summed E-state index contributed by atoms with van der Waals surface area (Å²) in [5.74, 6) is 0.578. The highest BCUT2D eigenvalue weighted by Gasteiger charge is 2.31. The minimum Gasteiger partial charge on any atom is -0.497 e. The normalized spacial score (nSPS) is 12.2. The number of fused-ring (bicyclic) bond motifs is 11. The van der Waals surface area contributed by atoms with Crippen molar-refractivity contribution in [3.8, 4) is 5.75 Å². The number of hydrogen-bond donors (Lipinski definition) is 0. The fraction of sp³-hybridized carbons (Fsp3) is 0.0714. The van der Waals surface area contributed by atoms with Gasteiger partial charge >= 0.3 is 6.18 Å². The molecular formula is C28H16F3NO3. The lowest BCUT2D eigenvalue weighted by Gasteiger charge is -2.17. The van der Waals surface area contributed by atoms with Crippen molar-refractivity contribution in [2.24, 2.45) is 0 Å². The molecule has 0 aliphatic rings. The van der Waals surface area contributed by atoms with Crippen LogP contribution in [-0.2, 0) is 6.18 Å². The molecule has 0 fully saturated rings. The second-order valence-electron chi connectivity index (χ2n) is 8.45. The molecule has 172 valence electrons. The molecule has 0 saturated heterocycles. The smallest absolute Gasteiger partial charge is 0.416 e. The minimum absolute atomic E-state index is 0.0408. The van der Waals surface area contributed by atoms with Crippen LogP contribution >= 0.6 is 0 Å². The molecule has 6 aromatic rings. The van der Waals surface area contributed by atoms with Gasteiger partial charge in [-0.2, -0.15) is 13.2 Å². The van der Waals surface area contributed by atoms with Gasteiger partial charge < -0.3 is 4.74 Å². The molecule has 6 rings (SSSR count). The molecule has 0 unspecified atom stereocenters. The predicted octanol–water partition coefficient (Wildman–Crippen LogP) is 8.39. The molecule has 0 aliphatic carbocycles. The predicted molar refractivity (Wildman–Crippen MR) is 132 cm³/mol. The number of rotatable bonds is 2. The number of ether oxygens (including phenoxy) is 1. The van der Waals surface area contributed by atoms with Gasteiger partial charge in [0.1, 0.15) is 5.75 Å². The topological polar surface area (TPSA) is 52.4 Å². The van der Waals surface area contributed by atoms with Crippen molar-refractivity contribution in [2.45, 2.75) is 6.18 Å². The van der Waals surface area contributed by atoms with Crippen LogP contribution in [-0.4, -0.2) is 12.0 Å². The molecule has 7 heteroatoms. The summed E-state index contributed by atoms with van der Waals surface area (Å²) in [6, 6.07) is 21.3. The zero-order valence-electron chi connectivity index (χ0n) is 18.3. The molecule has 0 heterocycles. The van der Waals surface area contributed by atoms with E-state index in [1.807, 2.05) is 30.3 Å². The number of nitro groups is 1. The Bertz CT molecular complexity index is 1860. The third-order valence-corrected chi connectivity index (χ3v) is 6.62. The maximum Gasteiger partial charge on any atom is 0.416 e. The van der Waals surface area contributed by atoms with Gasteiger partial charge in [-0.25, -0.2) is 0 Å². The molecule has 0 saturated carbocycles. The summed E-state index contributed by atoms with van der Waals surface area (Å²) in [6.45, 7) is 0. The summed E-state index contributed by atoms with van der Waals surface area (Å²) >= 11 is 0. The summed E-state index contributed by atoms with van der Waals surface area (Å²) in [6.07, 6.45) is -4.47. The molecule has 0 radical (unpaired) electrons. The van der Waals surface area contributed by atoms with Crippen molar-refractivity contribution in [1.82, 2.24) is 0 Å². The number of non-ortho nitro benzene ring substituents is 1. The number of nitrogens with zero attached hydrogens (tertiary/aromatic N) is 1. The van der Waals surface area contributed by atoms with Crippen LogP contribution in [0.5, 0.6) is 5.75 Å². The highest BCUT2D eigenvalue weighted by atomic mass is 19.4. The maximum atomic E-state index is 13.6. The standard InChI is InChI=1S/C28H16F3NO3/c1-35-17-8-11-22-25(14-17)24-13-16(32(33)34)7-10-21(24)26-19-5-3-2-4-18(19)23-12-15(28(29,30)31)6-9-20(23)27(22)26/h2-14H,1H3. The van der Waals surface area contributed by atoms with E-state index in [1.165, 1.54) is 25.3 Å². The minimum atomic E-state index is -4.47. The highest BCUT2D eigenvalue weighted by Crippen LogP contribution is 2.46. The SMILES string of the molecule is COc1ccc2c(c1)c1cc([N+](=O)[O-])ccc1c1c3ccccc3c3cc(C(F)(F)F)ccc3c21. The zero-order chi connectivity index (χ0) is 24.5. The quantitative estimate of drug-likeness (QED) is 0.145. The Labute approximate surface area is 196 Å². The number of benzene rings is 6. The first-order valence-electron chi connectivity index (χ1n) is 10.8. The number of nitro benzene ring substituents is 1. The van der Waals surface area contributed by atoms with E-state index in [1.54, 1.807) is 24.3 Å². The number of alkyl halides is 3. The largest absolute Gasteiger partial charge is 0.497 e. The monoisotopic (exact) mass is 471 g/mol. The van der Waals surface area contributed by atoms with Crippen LogP contribution in [0.1, 0.15) is 5.56 Å². The average Bonchev–Trinajstić information content (AvgIpc) is 2.86. The van der Waals surface area contributed by atoms with Gasteiger partial charge in [0, 0.05) is 12.1 Å². The summed E-state index contributed by atoms with van der Waals surface area (Å²) in [5, 5.41) is 18.8. The second-order valence-corrected chi connectivity index (χ2v) is 8.45. The third-order valence-electron chi connectivity index (χ3n) is 6.62. The van der Waals surface area contributed by atoms with Crippen LogP contribution in [0.2, 0.25) is 0 Å². The van der Waals surface area contributed by atoms with Gasteiger partial charge in [0.05, 0.1) is 17.6 Å². The van der Waals surface area contributed by atoms with E-state index in [4.69, 9.17) is 4.74 Å². The molecule has 0 atom stereocenters. The van der Waals surface area contributed by atoms with Gasteiger partial charge in [0.25, 0.3) is 5.69 Å². The van der Waals surface area contributed by atoms with Crippen molar-refractivity contribution in [3.05, 3.63) is 94.5 Å². The van der Waals surface area contributed by atoms with E-state index >= 15 is 0 Å². The van der Waals surface area contributed by atoms with Gasteiger partial charge in [-0.05, 0) is 84.2 Å². The molecule has 0 aromatic heterocycles. The van der Waals surface area contributed by atoms with Crippen LogP contribution < -0.4 is 4.74 Å². The molecule has 35 heavy (non-hydrogen) atoms. The summed E-state index contributed by atoms with van der Waals surface area (Å²) in [7, 11) is 1.54. The van der Waals surface area contributed by atoms with E-state index < -0.39 is 16.7 Å². The first-order valence-corrected chi connectivity index (χ1v) is 10.8. The Morgan fingerprint density at radius 2 is 1.23 bits per heavy atom. The van der Waals surface area contributed by atoms with Gasteiger partial charge in [0.2, 0.25) is 0 Å². The van der Waals surface area contributed by atoms with Crippen molar-refractivity contribution in [1.29, 1.82) is 0 Å². The lowest BCUT2D eigenvalue weighted by molar-refractivity contribution is -0.384. The Kier molecular flexibility index (Phi) is 4.42. The van der Waals surface area contributed by atoms with Crippen molar-refractivity contribution < 1.29 is 22.8 Å². The average molecular weight is 471 g/mol. The fourth-order valence-electron chi connectivity index (χ4n) is 5.10. The molecule has 6 aromatic carbocycles.